The first kappa shape index (κ1) is 15.4. The van der Waals surface area contributed by atoms with Gasteiger partial charge >= 0.3 is 0 Å². The maximum absolute atomic E-state index is 8.65. The van der Waals surface area contributed by atoms with E-state index in [-0.39, 0.29) is 6.61 Å². The summed E-state index contributed by atoms with van der Waals surface area (Å²) < 4.78 is 6.75. The summed E-state index contributed by atoms with van der Waals surface area (Å²) in [7, 11) is 0. The monoisotopic (exact) mass is 271 g/mol. The molecule has 0 unspecified atom stereocenters. The number of ether oxygens (including phenoxy) is 1. The number of hydrogen-bond acceptors (Lipinski definition) is 3. The smallest absolute Gasteiger partial charge is 0.0607 e. The fraction of sp³-hybridized carbons (Fsp3) is 0.571. The van der Waals surface area contributed by atoms with Gasteiger partial charge in [0.05, 0.1) is 13.2 Å². The fourth-order valence-corrected chi connectivity index (χ4v) is 1.75. The van der Waals surface area contributed by atoms with Gasteiger partial charge in [-0.25, -0.2) is 4.42 Å². The van der Waals surface area contributed by atoms with E-state index in [4.69, 9.17) is 21.6 Å². The Balaban J connectivity index is 0.000000199. The number of halogens is 1. The quantitative estimate of drug-likeness (QED) is 0.856. The van der Waals surface area contributed by atoms with Crippen LogP contribution in [-0.4, -0.2) is 42.4 Å². The molecule has 4 heteroatoms. The van der Waals surface area contributed by atoms with Crippen LogP contribution in [0.25, 0.3) is 0 Å². The van der Waals surface area contributed by atoms with Gasteiger partial charge in [-0.15, -0.1) is 0 Å². The minimum atomic E-state index is 0.242. The summed E-state index contributed by atoms with van der Waals surface area (Å²) in [6.07, 6.45) is 1.85. The lowest BCUT2D eigenvalue weighted by Crippen LogP contribution is -2.28. The molecule has 3 nitrogen and oxygen atoms in total. The number of morpholine rings is 1. The summed E-state index contributed by atoms with van der Waals surface area (Å²) in [6, 6.07) is 8.39. The molecule has 0 saturated carbocycles. The summed E-state index contributed by atoms with van der Waals surface area (Å²) in [5.74, 6) is 0. The molecule has 1 N–H and O–H groups in total. The number of hydrogen-bond donors (Lipinski definition) is 1. The summed E-state index contributed by atoms with van der Waals surface area (Å²) in [5.41, 5.74) is 2.57. The van der Waals surface area contributed by atoms with Gasteiger partial charge in [0.1, 0.15) is 0 Å². The van der Waals surface area contributed by atoms with E-state index >= 15 is 0 Å². The summed E-state index contributed by atoms with van der Waals surface area (Å²) in [4.78, 5) is 0. The molecule has 0 radical (unpaired) electrons. The lowest BCUT2D eigenvalue weighted by atomic mass is 10.1. The normalized spacial score (nSPS) is 15.9. The first-order valence-electron chi connectivity index (χ1n) is 6.43. The average molecular weight is 272 g/mol. The third-order valence-corrected chi connectivity index (χ3v) is 3.13. The van der Waals surface area contributed by atoms with Crippen LogP contribution in [0.15, 0.2) is 24.3 Å². The molecule has 1 heterocycles. The third kappa shape index (κ3) is 6.36. The average Bonchev–Trinajstić information content (AvgIpc) is 2.42. The topological polar surface area (TPSA) is 32.7 Å². The Kier molecular flexibility index (Phi) is 8.01. The van der Waals surface area contributed by atoms with Crippen LogP contribution in [0.5, 0.6) is 0 Å². The molecular formula is C14H22ClNO2. The van der Waals surface area contributed by atoms with E-state index in [1.54, 1.807) is 4.42 Å². The van der Waals surface area contributed by atoms with Gasteiger partial charge < -0.3 is 9.84 Å². The van der Waals surface area contributed by atoms with Crippen molar-refractivity contribution in [2.24, 2.45) is 0 Å². The van der Waals surface area contributed by atoms with Crippen molar-refractivity contribution in [2.75, 3.05) is 32.9 Å². The van der Waals surface area contributed by atoms with Crippen LogP contribution in [0.4, 0.5) is 0 Å². The highest BCUT2D eigenvalue weighted by molar-refractivity contribution is 6.13. The standard InChI is InChI=1S/C10H14O.C4H8ClNO/c1-2-9-3-5-10(6-4-9)7-8-11;5-6-1-3-7-4-2-6/h3-6,11H,2,7-8H2,1H3;1-4H2. The van der Waals surface area contributed by atoms with E-state index in [1.165, 1.54) is 11.1 Å². The molecule has 1 aromatic rings. The highest BCUT2D eigenvalue weighted by Gasteiger charge is 2.04. The Morgan fingerprint density at radius 2 is 1.72 bits per heavy atom. The number of aliphatic hydroxyl groups is 1. The number of benzene rings is 1. The molecule has 0 spiro atoms. The van der Waals surface area contributed by atoms with Crippen LogP contribution < -0.4 is 0 Å². The molecule has 0 aliphatic carbocycles. The van der Waals surface area contributed by atoms with Crippen molar-refractivity contribution in [3.05, 3.63) is 35.4 Å². The second kappa shape index (κ2) is 9.34. The molecule has 0 aromatic heterocycles. The molecule has 2 rings (SSSR count). The van der Waals surface area contributed by atoms with Crippen molar-refractivity contribution in [3.8, 4) is 0 Å². The van der Waals surface area contributed by atoms with Gasteiger partial charge in [0.15, 0.2) is 0 Å². The molecule has 1 saturated heterocycles. The molecule has 102 valence electrons. The molecule has 1 aliphatic heterocycles. The van der Waals surface area contributed by atoms with Crippen molar-refractivity contribution in [1.82, 2.24) is 4.42 Å². The number of rotatable bonds is 3. The Bertz CT molecular complexity index is 310. The second-order valence-electron chi connectivity index (χ2n) is 4.17. The molecule has 18 heavy (non-hydrogen) atoms. The van der Waals surface area contributed by atoms with Crippen molar-refractivity contribution in [1.29, 1.82) is 0 Å². The van der Waals surface area contributed by atoms with Crippen molar-refractivity contribution >= 4 is 11.8 Å². The Hall–Kier alpha value is -0.610. The number of aryl methyl sites for hydroxylation is 1. The van der Waals surface area contributed by atoms with Crippen LogP contribution >= 0.6 is 11.8 Å². The molecule has 1 fully saturated rings. The third-order valence-electron chi connectivity index (χ3n) is 2.79. The van der Waals surface area contributed by atoms with Crippen molar-refractivity contribution in [2.45, 2.75) is 19.8 Å². The number of aliphatic hydroxyl groups excluding tert-OH is 1. The van der Waals surface area contributed by atoms with E-state index in [9.17, 15) is 0 Å². The zero-order chi connectivity index (χ0) is 13.2. The zero-order valence-electron chi connectivity index (χ0n) is 10.9. The highest BCUT2D eigenvalue weighted by atomic mass is 35.5. The van der Waals surface area contributed by atoms with Crippen LogP contribution in [0, 0.1) is 0 Å². The molecule has 1 aromatic carbocycles. The first-order chi connectivity index (χ1) is 8.76. The van der Waals surface area contributed by atoms with Gasteiger partial charge in [-0.3, -0.25) is 0 Å². The van der Waals surface area contributed by atoms with Crippen LogP contribution in [0.3, 0.4) is 0 Å². The summed E-state index contributed by atoms with van der Waals surface area (Å²) in [6.45, 7) is 5.67. The zero-order valence-corrected chi connectivity index (χ0v) is 11.7. The van der Waals surface area contributed by atoms with Gasteiger partial charge in [-0.05, 0) is 35.7 Å². The maximum Gasteiger partial charge on any atom is 0.0607 e. The Morgan fingerprint density at radius 3 is 2.11 bits per heavy atom. The van der Waals surface area contributed by atoms with Crippen LogP contribution in [-0.2, 0) is 17.6 Å². The minimum absolute atomic E-state index is 0.242. The van der Waals surface area contributed by atoms with E-state index in [2.05, 4.69) is 31.2 Å². The lowest BCUT2D eigenvalue weighted by molar-refractivity contribution is 0.0742. The van der Waals surface area contributed by atoms with Crippen molar-refractivity contribution < 1.29 is 9.84 Å². The van der Waals surface area contributed by atoms with E-state index in [0.29, 0.717) is 0 Å². The van der Waals surface area contributed by atoms with E-state index in [0.717, 1.165) is 39.1 Å². The lowest BCUT2D eigenvalue weighted by Gasteiger charge is -2.18. The maximum atomic E-state index is 8.65. The first-order valence-corrected chi connectivity index (χ1v) is 6.77. The number of nitrogens with zero attached hydrogens (tertiary/aromatic N) is 1. The van der Waals surface area contributed by atoms with Gasteiger partial charge in [0.2, 0.25) is 0 Å². The Labute approximate surface area is 114 Å². The molecule has 0 amide bonds. The van der Waals surface area contributed by atoms with Crippen molar-refractivity contribution in [3.63, 3.8) is 0 Å². The summed E-state index contributed by atoms with van der Waals surface area (Å²) >= 11 is 5.57. The largest absolute Gasteiger partial charge is 0.396 e. The van der Waals surface area contributed by atoms with E-state index in [1.807, 2.05) is 0 Å². The fourth-order valence-electron chi connectivity index (χ4n) is 1.61. The second-order valence-corrected chi connectivity index (χ2v) is 4.64. The van der Waals surface area contributed by atoms with Gasteiger partial charge in [0.25, 0.3) is 0 Å². The van der Waals surface area contributed by atoms with Crippen LogP contribution in [0.1, 0.15) is 18.1 Å². The van der Waals surface area contributed by atoms with Gasteiger partial charge in [-0.2, -0.15) is 0 Å². The molecule has 1 aliphatic rings. The van der Waals surface area contributed by atoms with Crippen LogP contribution in [0.2, 0.25) is 0 Å². The molecule has 0 atom stereocenters. The SMILES string of the molecule is CCc1ccc(CCO)cc1.ClN1CCOCC1. The summed E-state index contributed by atoms with van der Waals surface area (Å²) in [5, 5.41) is 8.65. The van der Waals surface area contributed by atoms with E-state index < -0.39 is 0 Å². The van der Waals surface area contributed by atoms with Gasteiger partial charge in [0, 0.05) is 19.7 Å². The molecular weight excluding hydrogens is 250 g/mol. The predicted molar refractivity (Wildman–Crippen MR) is 74.9 cm³/mol. The highest BCUT2D eigenvalue weighted by Crippen LogP contribution is 2.04. The Morgan fingerprint density at radius 1 is 1.17 bits per heavy atom. The minimum Gasteiger partial charge on any atom is -0.396 e. The molecule has 0 bridgehead atoms. The van der Waals surface area contributed by atoms with Gasteiger partial charge in [-0.1, -0.05) is 31.2 Å². The predicted octanol–water partition coefficient (Wildman–Crippen LogP) is 2.26.